The summed E-state index contributed by atoms with van der Waals surface area (Å²) in [6.45, 7) is 2.02. The largest absolute Gasteiger partial charge is 0.259 e. The minimum absolute atomic E-state index is 1.04. The van der Waals surface area contributed by atoms with Gasteiger partial charge in [-0.2, -0.15) is 0 Å². The molecular weight excluding hydrogens is 287 g/mol. The number of halogens is 1. The van der Waals surface area contributed by atoms with E-state index in [4.69, 9.17) is 0 Å². The third kappa shape index (κ3) is 1.08. The summed E-state index contributed by atoms with van der Waals surface area (Å²) in [7, 11) is 0. The van der Waals surface area contributed by atoms with Gasteiger partial charge in [0.05, 0.1) is 11.7 Å². The van der Waals surface area contributed by atoms with Gasteiger partial charge < -0.3 is 0 Å². The lowest BCUT2D eigenvalue weighted by molar-refractivity contribution is 0.792. The summed E-state index contributed by atoms with van der Waals surface area (Å²) < 4.78 is 1.37. The summed E-state index contributed by atoms with van der Waals surface area (Å²) in [5, 5.41) is 1.26. The Balaban J connectivity index is 2.45. The minimum atomic E-state index is 1.04. The average Bonchev–Trinajstić information content (AvgIpc) is 2.12. The summed E-state index contributed by atoms with van der Waals surface area (Å²) in [6.07, 6.45) is 4.21. The van der Waals surface area contributed by atoms with Gasteiger partial charge in [-0.15, -0.1) is 0 Å². The number of hydrogen-bond acceptors (Lipinski definition) is 2. The highest BCUT2D eigenvalue weighted by atomic mass is 127. The van der Waals surface area contributed by atoms with Gasteiger partial charge in [0.25, 0.3) is 0 Å². The molecule has 0 unspecified atom stereocenters. The fourth-order valence-corrected chi connectivity index (χ4v) is 2.86. The Kier molecular flexibility index (Phi) is 1.77. The van der Waals surface area contributed by atoms with Gasteiger partial charge in [-0.3, -0.25) is 9.97 Å². The van der Waals surface area contributed by atoms with Crippen molar-refractivity contribution in [2.24, 2.45) is 0 Å². The Morgan fingerprint density at radius 3 is 2.93 bits per heavy atom. The maximum atomic E-state index is 4.60. The monoisotopic (exact) mass is 296 g/mol. The minimum Gasteiger partial charge on any atom is -0.259 e. The highest BCUT2D eigenvalue weighted by molar-refractivity contribution is 14.1. The maximum absolute atomic E-state index is 4.60. The van der Waals surface area contributed by atoms with E-state index in [1.807, 2.05) is 13.1 Å². The lowest BCUT2D eigenvalue weighted by atomic mass is 9.93. The molecule has 0 amide bonds. The fraction of sp³-hybridized carbons (Fsp3) is 0.273. The van der Waals surface area contributed by atoms with Gasteiger partial charge in [-0.1, -0.05) is 0 Å². The molecule has 2 nitrogen and oxygen atoms in total. The SMILES string of the molecule is Cc1cc2c(I)c3c(nc2cn1)CC3. The van der Waals surface area contributed by atoms with Crippen molar-refractivity contribution >= 4 is 33.5 Å². The first-order chi connectivity index (χ1) is 6.75. The molecule has 1 aliphatic rings. The fourth-order valence-electron chi connectivity index (χ4n) is 1.85. The van der Waals surface area contributed by atoms with Crippen molar-refractivity contribution in [2.75, 3.05) is 0 Å². The molecule has 0 aliphatic heterocycles. The molecule has 2 aromatic rings. The molecule has 0 saturated heterocycles. The molecule has 2 aromatic heterocycles. The molecule has 0 N–H and O–H groups in total. The zero-order valence-corrected chi connectivity index (χ0v) is 10.00. The first-order valence-electron chi connectivity index (χ1n) is 4.69. The Bertz CT molecular complexity index is 534. The number of pyridine rings is 2. The normalized spacial score (nSPS) is 13.9. The van der Waals surface area contributed by atoms with Crippen molar-refractivity contribution in [2.45, 2.75) is 19.8 Å². The molecule has 2 heterocycles. The Hall–Kier alpha value is -0.710. The second-order valence-corrected chi connectivity index (χ2v) is 4.77. The van der Waals surface area contributed by atoms with Crippen LogP contribution in [0.4, 0.5) is 0 Å². The molecule has 1 aliphatic carbocycles. The van der Waals surface area contributed by atoms with Crippen LogP contribution in [0.5, 0.6) is 0 Å². The molecule has 0 fully saturated rings. The summed E-state index contributed by atoms with van der Waals surface area (Å²) in [5.74, 6) is 0. The summed E-state index contributed by atoms with van der Waals surface area (Å²) in [6, 6.07) is 2.13. The van der Waals surface area contributed by atoms with Gasteiger partial charge in [0.2, 0.25) is 0 Å². The predicted octanol–water partition coefficient (Wildman–Crippen LogP) is 2.64. The van der Waals surface area contributed by atoms with Crippen molar-refractivity contribution in [1.29, 1.82) is 0 Å². The summed E-state index contributed by atoms with van der Waals surface area (Å²) in [4.78, 5) is 8.87. The zero-order valence-electron chi connectivity index (χ0n) is 7.84. The van der Waals surface area contributed by atoms with Crippen molar-refractivity contribution in [1.82, 2.24) is 9.97 Å². The highest BCUT2D eigenvalue weighted by Crippen LogP contribution is 2.31. The summed E-state index contributed by atoms with van der Waals surface area (Å²) >= 11 is 2.43. The predicted molar refractivity (Wildman–Crippen MR) is 64.4 cm³/mol. The van der Waals surface area contributed by atoms with Gasteiger partial charge in [0.15, 0.2) is 0 Å². The molecule has 70 valence electrons. The first kappa shape index (κ1) is 8.59. The molecule has 0 atom stereocenters. The topological polar surface area (TPSA) is 25.8 Å². The van der Waals surface area contributed by atoms with Crippen molar-refractivity contribution in [3.8, 4) is 0 Å². The van der Waals surface area contributed by atoms with E-state index in [0.29, 0.717) is 0 Å². The number of aryl methyl sites for hydroxylation is 2. The molecule has 0 bridgehead atoms. The van der Waals surface area contributed by atoms with E-state index in [0.717, 1.165) is 17.6 Å². The van der Waals surface area contributed by atoms with E-state index in [9.17, 15) is 0 Å². The first-order valence-corrected chi connectivity index (χ1v) is 5.77. The molecule has 0 aromatic carbocycles. The van der Waals surface area contributed by atoms with Crippen molar-refractivity contribution < 1.29 is 0 Å². The smallest absolute Gasteiger partial charge is 0.0899 e. The average molecular weight is 296 g/mol. The molecule has 3 heteroatoms. The molecular formula is C11H9IN2. The van der Waals surface area contributed by atoms with Crippen LogP contribution in [-0.4, -0.2) is 9.97 Å². The third-order valence-electron chi connectivity index (χ3n) is 2.74. The Morgan fingerprint density at radius 1 is 1.36 bits per heavy atom. The Labute approximate surface area is 95.9 Å². The second-order valence-electron chi connectivity index (χ2n) is 3.69. The van der Waals surface area contributed by atoms with Gasteiger partial charge in [-0.25, -0.2) is 0 Å². The van der Waals surface area contributed by atoms with E-state index in [2.05, 4.69) is 38.6 Å². The Morgan fingerprint density at radius 2 is 2.21 bits per heavy atom. The number of aromatic nitrogens is 2. The van der Waals surface area contributed by atoms with Gasteiger partial charge in [0.1, 0.15) is 0 Å². The quantitative estimate of drug-likeness (QED) is 0.698. The van der Waals surface area contributed by atoms with Gasteiger partial charge >= 0.3 is 0 Å². The molecule has 3 rings (SSSR count). The van der Waals surface area contributed by atoms with Crippen molar-refractivity contribution in [3.63, 3.8) is 0 Å². The number of nitrogens with zero attached hydrogens (tertiary/aromatic N) is 2. The van der Waals surface area contributed by atoms with Crippen LogP contribution < -0.4 is 0 Å². The van der Waals surface area contributed by atoms with Crippen LogP contribution in [-0.2, 0) is 12.8 Å². The lowest BCUT2D eigenvalue weighted by Gasteiger charge is -2.20. The third-order valence-corrected chi connectivity index (χ3v) is 3.97. The van der Waals surface area contributed by atoms with Gasteiger partial charge in [-0.05, 0) is 54.0 Å². The standard InChI is InChI=1S/C11H9IN2/c1-6-4-8-10(5-13-6)14-9-3-2-7(9)11(8)12/h4-5H,2-3H2,1H3. The van der Waals surface area contributed by atoms with Crippen LogP contribution in [0.25, 0.3) is 10.9 Å². The van der Waals surface area contributed by atoms with Crippen LogP contribution in [0.3, 0.4) is 0 Å². The number of rotatable bonds is 0. The van der Waals surface area contributed by atoms with Crippen molar-refractivity contribution in [3.05, 3.63) is 32.8 Å². The zero-order chi connectivity index (χ0) is 9.71. The van der Waals surface area contributed by atoms with E-state index in [1.54, 1.807) is 0 Å². The van der Waals surface area contributed by atoms with E-state index in [1.165, 1.54) is 26.6 Å². The molecule has 0 saturated carbocycles. The van der Waals surface area contributed by atoms with E-state index >= 15 is 0 Å². The lowest BCUT2D eigenvalue weighted by Crippen LogP contribution is -2.13. The van der Waals surface area contributed by atoms with Crippen LogP contribution in [0.1, 0.15) is 17.0 Å². The molecule has 0 spiro atoms. The second kappa shape index (κ2) is 2.89. The van der Waals surface area contributed by atoms with Crippen LogP contribution in [0.15, 0.2) is 12.3 Å². The van der Waals surface area contributed by atoms with Crippen LogP contribution in [0, 0.1) is 10.5 Å². The molecule has 14 heavy (non-hydrogen) atoms. The van der Waals surface area contributed by atoms with Crippen LogP contribution in [0.2, 0.25) is 0 Å². The van der Waals surface area contributed by atoms with Gasteiger partial charge in [0, 0.05) is 20.3 Å². The van der Waals surface area contributed by atoms with E-state index < -0.39 is 0 Å². The van der Waals surface area contributed by atoms with E-state index in [-0.39, 0.29) is 0 Å². The van der Waals surface area contributed by atoms with Crippen LogP contribution >= 0.6 is 22.6 Å². The number of fused-ring (bicyclic) bond motifs is 2. The number of hydrogen-bond donors (Lipinski definition) is 0. The summed E-state index contributed by atoms with van der Waals surface area (Å²) in [5.41, 5.74) is 4.83. The maximum Gasteiger partial charge on any atom is 0.0899 e. The highest BCUT2D eigenvalue weighted by Gasteiger charge is 2.20. The molecule has 0 radical (unpaired) electrons.